The molecular weight excluding hydrogens is 181 g/mol. The fourth-order valence-electron chi connectivity index (χ4n) is 2.35. The molecule has 0 saturated carbocycles. The molecule has 82 valence electrons. The fraction of sp³-hybridized carbons (Fsp3) is 0.538. The molecule has 1 heterocycles. The standard InChI is InChI=1S/C13H22BN/c1-3-7-12(8-4-2)13-9-5-6-10-15(13)11-14/h3-4,7-8,13H,1,5-6,9-11,14H2,2H3/b8-4-,12-7+. The van der Waals surface area contributed by atoms with Crippen LogP contribution in [0.25, 0.3) is 0 Å². The van der Waals surface area contributed by atoms with Crippen LogP contribution in [-0.4, -0.2) is 31.8 Å². The van der Waals surface area contributed by atoms with Gasteiger partial charge in [0.25, 0.3) is 0 Å². The molecule has 1 unspecified atom stereocenters. The fourth-order valence-corrected chi connectivity index (χ4v) is 2.35. The van der Waals surface area contributed by atoms with Crippen molar-refractivity contribution in [2.45, 2.75) is 32.2 Å². The zero-order valence-corrected chi connectivity index (χ0v) is 10.1. The number of allylic oxidation sites excluding steroid dienone is 3. The number of rotatable bonds is 4. The summed E-state index contributed by atoms with van der Waals surface area (Å²) in [5.74, 6) is 0. The monoisotopic (exact) mass is 203 g/mol. The Morgan fingerprint density at radius 3 is 2.93 bits per heavy atom. The van der Waals surface area contributed by atoms with Gasteiger partial charge in [0, 0.05) is 6.04 Å². The van der Waals surface area contributed by atoms with Gasteiger partial charge in [-0.15, -0.1) is 0 Å². The maximum atomic E-state index is 3.80. The summed E-state index contributed by atoms with van der Waals surface area (Å²) in [4.78, 5) is 2.57. The Labute approximate surface area is 95.0 Å². The van der Waals surface area contributed by atoms with Gasteiger partial charge in [-0.3, -0.25) is 0 Å². The number of nitrogens with zero attached hydrogens (tertiary/aromatic N) is 1. The first-order valence-electron chi connectivity index (χ1n) is 6.02. The topological polar surface area (TPSA) is 3.24 Å². The van der Waals surface area contributed by atoms with Crippen molar-refractivity contribution < 1.29 is 0 Å². The third kappa shape index (κ3) is 3.38. The first kappa shape index (κ1) is 12.3. The minimum atomic E-state index is 0.609. The van der Waals surface area contributed by atoms with Gasteiger partial charge in [0.15, 0.2) is 0 Å². The summed E-state index contributed by atoms with van der Waals surface area (Å²) in [6.45, 7) is 7.12. The van der Waals surface area contributed by atoms with E-state index >= 15 is 0 Å². The van der Waals surface area contributed by atoms with Crippen LogP contribution in [0.5, 0.6) is 0 Å². The summed E-state index contributed by atoms with van der Waals surface area (Å²) >= 11 is 0. The van der Waals surface area contributed by atoms with E-state index in [1.807, 2.05) is 6.08 Å². The van der Waals surface area contributed by atoms with Gasteiger partial charge in [-0.05, 0) is 38.3 Å². The normalized spacial score (nSPS) is 24.6. The third-order valence-electron chi connectivity index (χ3n) is 3.07. The van der Waals surface area contributed by atoms with E-state index in [4.69, 9.17) is 0 Å². The second-order valence-electron chi connectivity index (χ2n) is 4.04. The molecule has 1 aliphatic heterocycles. The summed E-state index contributed by atoms with van der Waals surface area (Å²) in [7, 11) is 2.25. The van der Waals surface area contributed by atoms with Crippen LogP contribution in [0.2, 0.25) is 0 Å². The van der Waals surface area contributed by atoms with Gasteiger partial charge in [0.05, 0.1) is 0 Å². The Morgan fingerprint density at radius 2 is 2.33 bits per heavy atom. The Morgan fingerprint density at radius 1 is 1.53 bits per heavy atom. The molecule has 1 nitrogen and oxygen atoms in total. The summed E-state index contributed by atoms with van der Waals surface area (Å²) < 4.78 is 0. The van der Waals surface area contributed by atoms with E-state index in [1.54, 1.807) is 0 Å². The van der Waals surface area contributed by atoms with Gasteiger partial charge >= 0.3 is 0 Å². The van der Waals surface area contributed by atoms with Gasteiger partial charge in [0.1, 0.15) is 7.85 Å². The predicted octanol–water partition coefficient (Wildman–Crippen LogP) is 2.12. The van der Waals surface area contributed by atoms with Crippen molar-refractivity contribution in [1.29, 1.82) is 0 Å². The van der Waals surface area contributed by atoms with Crippen molar-refractivity contribution in [3.8, 4) is 0 Å². The lowest BCUT2D eigenvalue weighted by Crippen LogP contribution is -2.41. The van der Waals surface area contributed by atoms with Crippen LogP contribution in [0.15, 0.2) is 36.5 Å². The Bertz CT molecular complexity index is 255. The quantitative estimate of drug-likeness (QED) is 0.499. The van der Waals surface area contributed by atoms with Crippen LogP contribution in [0.4, 0.5) is 0 Å². The minimum Gasteiger partial charge on any atom is -0.304 e. The Balaban J connectivity index is 2.79. The van der Waals surface area contributed by atoms with Gasteiger partial charge in [-0.2, -0.15) is 0 Å². The molecule has 1 atom stereocenters. The lowest BCUT2D eigenvalue weighted by atomic mass is 9.92. The average molecular weight is 203 g/mol. The average Bonchev–Trinajstić information content (AvgIpc) is 2.29. The second kappa shape index (κ2) is 6.68. The van der Waals surface area contributed by atoms with E-state index in [0.717, 1.165) is 6.44 Å². The van der Waals surface area contributed by atoms with Crippen molar-refractivity contribution >= 4 is 7.85 Å². The predicted molar refractivity (Wildman–Crippen MR) is 70.9 cm³/mol. The molecule has 0 spiro atoms. The molecule has 0 aromatic carbocycles. The lowest BCUT2D eigenvalue weighted by Gasteiger charge is -2.36. The molecule has 0 amide bonds. The molecule has 1 rings (SSSR count). The molecule has 0 aromatic rings. The highest BCUT2D eigenvalue weighted by Crippen LogP contribution is 2.23. The maximum absolute atomic E-state index is 3.80. The summed E-state index contributed by atoms with van der Waals surface area (Å²) in [6, 6.07) is 0.609. The van der Waals surface area contributed by atoms with Gasteiger partial charge in [-0.1, -0.05) is 37.3 Å². The number of likely N-dealkylation sites (tertiary alicyclic amines) is 1. The molecule has 1 aliphatic rings. The molecule has 0 radical (unpaired) electrons. The van der Waals surface area contributed by atoms with E-state index in [2.05, 4.69) is 44.5 Å². The molecule has 0 aliphatic carbocycles. The second-order valence-corrected chi connectivity index (χ2v) is 4.04. The van der Waals surface area contributed by atoms with Crippen LogP contribution >= 0.6 is 0 Å². The SMILES string of the molecule is BCN1CCCCC1C(/C=C\C)=C/C=C. The van der Waals surface area contributed by atoms with E-state index in [1.165, 1.54) is 31.4 Å². The molecule has 1 saturated heterocycles. The summed E-state index contributed by atoms with van der Waals surface area (Å²) in [5.41, 5.74) is 1.41. The molecule has 15 heavy (non-hydrogen) atoms. The zero-order chi connectivity index (χ0) is 11.1. The summed E-state index contributed by atoms with van der Waals surface area (Å²) in [5, 5.41) is 0. The number of hydrogen-bond acceptors (Lipinski definition) is 1. The van der Waals surface area contributed by atoms with Crippen LogP contribution in [-0.2, 0) is 0 Å². The van der Waals surface area contributed by atoms with E-state index in [0.29, 0.717) is 6.04 Å². The van der Waals surface area contributed by atoms with Gasteiger partial charge in [-0.25, -0.2) is 0 Å². The molecule has 2 heteroatoms. The van der Waals surface area contributed by atoms with Crippen molar-refractivity contribution in [3.05, 3.63) is 36.5 Å². The zero-order valence-electron chi connectivity index (χ0n) is 10.1. The van der Waals surface area contributed by atoms with E-state index in [-0.39, 0.29) is 0 Å². The number of piperidine rings is 1. The molecule has 0 N–H and O–H groups in total. The minimum absolute atomic E-state index is 0.609. The van der Waals surface area contributed by atoms with Crippen molar-refractivity contribution in [1.82, 2.24) is 4.90 Å². The van der Waals surface area contributed by atoms with Crippen molar-refractivity contribution in [2.24, 2.45) is 0 Å². The molecule has 0 bridgehead atoms. The first-order valence-corrected chi connectivity index (χ1v) is 6.02. The van der Waals surface area contributed by atoms with Crippen LogP contribution in [0.3, 0.4) is 0 Å². The molecule has 0 aromatic heterocycles. The highest BCUT2D eigenvalue weighted by Gasteiger charge is 2.22. The van der Waals surface area contributed by atoms with Gasteiger partial charge < -0.3 is 4.90 Å². The smallest absolute Gasteiger partial charge is 0.119 e. The van der Waals surface area contributed by atoms with E-state index < -0.39 is 0 Å². The molecular formula is C13H22BN. The van der Waals surface area contributed by atoms with E-state index in [9.17, 15) is 0 Å². The molecule has 1 fully saturated rings. The largest absolute Gasteiger partial charge is 0.304 e. The maximum Gasteiger partial charge on any atom is 0.119 e. The first-order chi connectivity index (χ1) is 7.33. The summed E-state index contributed by atoms with van der Waals surface area (Å²) in [6.07, 6.45) is 13.5. The van der Waals surface area contributed by atoms with Crippen LogP contribution in [0, 0.1) is 0 Å². The highest BCUT2D eigenvalue weighted by atomic mass is 15.1. The van der Waals surface area contributed by atoms with Crippen molar-refractivity contribution in [3.63, 3.8) is 0 Å². The Kier molecular flexibility index (Phi) is 5.48. The highest BCUT2D eigenvalue weighted by molar-refractivity contribution is 6.08. The number of hydrogen-bond donors (Lipinski definition) is 0. The lowest BCUT2D eigenvalue weighted by molar-refractivity contribution is 0.203. The van der Waals surface area contributed by atoms with Crippen LogP contribution < -0.4 is 0 Å². The Hall–Kier alpha value is -0.755. The van der Waals surface area contributed by atoms with Gasteiger partial charge in [0.2, 0.25) is 0 Å². The van der Waals surface area contributed by atoms with Crippen LogP contribution in [0.1, 0.15) is 26.2 Å². The van der Waals surface area contributed by atoms with Crippen molar-refractivity contribution in [2.75, 3.05) is 13.0 Å². The third-order valence-corrected chi connectivity index (χ3v) is 3.07.